The topological polar surface area (TPSA) is 34.2 Å². The molecule has 1 N–H and O–H groups in total. The molecule has 0 bridgehead atoms. The fourth-order valence-corrected chi connectivity index (χ4v) is 2.73. The van der Waals surface area contributed by atoms with Gasteiger partial charge < -0.3 is 10.1 Å². The van der Waals surface area contributed by atoms with Crippen LogP contribution in [0.5, 0.6) is 5.75 Å². The first-order valence-electron chi connectivity index (χ1n) is 6.67. The number of rotatable bonds is 7. The summed E-state index contributed by atoms with van der Waals surface area (Å²) in [5, 5.41) is 3.53. The van der Waals surface area contributed by atoms with Crippen LogP contribution in [0.15, 0.2) is 36.0 Å². The van der Waals surface area contributed by atoms with E-state index in [0.717, 1.165) is 18.7 Å². The molecule has 3 nitrogen and oxygen atoms in total. The van der Waals surface area contributed by atoms with E-state index < -0.39 is 0 Å². The van der Waals surface area contributed by atoms with Gasteiger partial charge in [0.15, 0.2) is 0 Å². The van der Waals surface area contributed by atoms with Crippen LogP contribution in [0.1, 0.15) is 30.3 Å². The molecule has 1 atom stereocenters. The number of benzene rings is 1. The normalized spacial score (nSPS) is 12.3. The van der Waals surface area contributed by atoms with E-state index in [0.29, 0.717) is 12.6 Å². The van der Waals surface area contributed by atoms with E-state index in [2.05, 4.69) is 35.4 Å². The van der Waals surface area contributed by atoms with Crippen molar-refractivity contribution >= 4 is 11.3 Å². The van der Waals surface area contributed by atoms with E-state index in [-0.39, 0.29) is 0 Å². The maximum atomic E-state index is 5.57. The van der Waals surface area contributed by atoms with E-state index >= 15 is 0 Å². The van der Waals surface area contributed by atoms with Gasteiger partial charge in [0, 0.05) is 23.5 Å². The molecule has 2 rings (SSSR count). The summed E-state index contributed by atoms with van der Waals surface area (Å²) in [5.41, 5.74) is 3.15. The van der Waals surface area contributed by atoms with Gasteiger partial charge in [-0.15, -0.1) is 11.3 Å². The van der Waals surface area contributed by atoms with Gasteiger partial charge in [0.05, 0.1) is 12.1 Å². The second-order valence-corrected chi connectivity index (χ2v) is 5.26. The predicted molar refractivity (Wildman–Crippen MR) is 79.8 cm³/mol. The Morgan fingerprint density at radius 1 is 1.37 bits per heavy atom. The van der Waals surface area contributed by atoms with Crippen LogP contribution >= 0.6 is 11.3 Å². The summed E-state index contributed by atoms with van der Waals surface area (Å²) in [6.07, 6.45) is 2.91. The van der Waals surface area contributed by atoms with Crippen molar-refractivity contribution in [3.63, 3.8) is 0 Å². The van der Waals surface area contributed by atoms with Crippen LogP contribution in [0, 0.1) is 0 Å². The van der Waals surface area contributed by atoms with Gasteiger partial charge in [-0.1, -0.05) is 19.1 Å². The molecule has 0 saturated carbocycles. The van der Waals surface area contributed by atoms with Gasteiger partial charge in [-0.3, -0.25) is 4.98 Å². The number of nitrogens with zero attached hydrogens (tertiary/aromatic N) is 1. The number of hydrogen-bond donors (Lipinski definition) is 1. The highest BCUT2D eigenvalue weighted by Gasteiger charge is 2.12. The Morgan fingerprint density at radius 2 is 2.26 bits per heavy atom. The minimum absolute atomic E-state index is 0.311. The molecule has 102 valence electrons. The summed E-state index contributed by atoms with van der Waals surface area (Å²) >= 11 is 1.70. The van der Waals surface area contributed by atoms with Crippen molar-refractivity contribution < 1.29 is 4.74 Å². The van der Waals surface area contributed by atoms with Crippen LogP contribution in [-0.4, -0.2) is 18.1 Å². The summed E-state index contributed by atoms with van der Waals surface area (Å²) in [6, 6.07) is 8.64. The molecule has 1 aromatic carbocycles. The zero-order chi connectivity index (χ0) is 13.5. The number of ether oxygens (including phenoxy) is 1. The SMILES string of the molecule is CCNC(Cc1cncs1)c1cccc(OCC)c1. The Labute approximate surface area is 118 Å². The molecule has 4 heteroatoms. The number of nitrogens with one attached hydrogen (secondary N) is 1. The summed E-state index contributed by atoms with van der Waals surface area (Å²) in [6.45, 7) is 5.78. The van der Waals surface area contributed by atoms with Crippen LogP contribution in [0.3, 0.4) is 0 Å². The van der Waals surface area contributed by atoms with Crippen LogP contribution in [0.2, 0.25) is 0 Å². The van der Waals surface area contributed by atoms with Crippen molar-refractivity contribution in [3.8, 4) is 5.75 Å². The number of hydrogen-bond acceptors (Lipinski definition) is 4. The van der Waals surface area contributed by atoms with Crippen molar-refractivity contribution in [1.29, 1.82) is 0 Å². The molecule has 2 aromatic rings. The van der Waals surface area contributed by atoms with Gasteiger partial charge in [-0.25, -0.2) is 0 Å². The van der Waals surface area contributed by atoms with Gasteiger partial charge in [0.1, 0.15) is 5.75 Å². The maximum Gasteiger partial charge on any atom is 0.119 e. The van der Waals surface area contributed by atoms with Gasteiger partial charge in [0.2, 0.25) is 0 Å². The lowest BCUT2D eigenvalue weighted by Crippen LogP contribution is -2.22. The summed E-state index contributed by atoms with van der Waals surface area (Å²) in [4.78, 5) is 5.44. The van der Waals surface area contributed by atoms with Crippen molar-refractivity contribution in [2.75, 3.05) is 13.2 Å². The first-order chi connectivity index (χ1) is 9.33. The highest BCUT2D eigenvalue weighted by molar-refractivity contribution is 7.09. The lowest BCUT2D eigenvalue weighted by Gasteiger charge is -2.18. The smallest absolute Gasteiger partial charge is 0.119 e. The van der Waals surface area contributed by atoms with E-state index in [4.69, 9.17) is 4.74 Å². The minimum Gasteiger partial charge on any atom is -0.494 e. The molecule has 19 heavy (non-hydrogen) atoms. The highest BCUT2D eigenvalue weighted by atomic mass is 32.1. The molecule has 1 unspecified atom stereocenters. The van der Waals surface area contributed by atoms with Crippen LogP contribution in [-0.2, 0) is 6.42 Å². The molecular weight excluding hydrogens is 256 g/mol. The molecule has 1 aromatic heterocycles. The van der Waals surface area contributed by atoms with Crippen molar-refractivity contribution in [2.24, 2.45) is 0 Å². The fraction of sp³-hybridized carbons (Fsp3) is 0.400. The Balaban J connectivity index is 2.15. The average Bonchev–Trinajstić information content (AvgIpc) is 2.92. The third-order valence-corrected chi connectivity index (χ3v) is 3.71. The molecule has 0 fully saturated rings. The lowest BCUT2D eigenvalue weighted by atomic mass is 10.0. The van der Waals surface area contributed by atoms with Crippen LogP contribution in [0.25, 0.3) is 0 Å². The average molecular weight is 276 g/mol. The van der Waals surface area contributed by atoms with E-state index in [1.165, 1.54) is 10.4 Å². The summed E-state index contributed by atoms with van der Waals surface area (Å²) in [5.74, 6) is 0.937. The third kappa shape index (κ3) is 4.04. The number of aromatic nitrogens is 1. The van der Waals surface area contributed by atoms with E-state index in [1.807, 2.05) is 24.7 Å². The van der Waals surface area contributed by atoms with Crippen LogP contribution in [0.4, 0.5) is 0 Å². The zero-order valence-electron chi connectivity index (χ0n) is 11.4. The van der Waals surface area contributed by atoms with Crippen LogP contribution < -0.4 is 10.1 Å². The van der Waals surface area contributed by atoms with Gasteiger partial charge in [-0.05, 0) is 31.2 Å². The second-order valence-electron chi connectivity index (χ2n) is 4.29. The molecule has 0 aliphatic carbocycles. The monoisotopic (exact) mass is 276 g/mol. The molecule has 1 heterocycles. The second kappa shape index (κ2) is 7.26. The van der Waals surface area contributed by atoms with Crippen molar-refractivity contribution in [1.82, 2.24) is 10.3 Å². The zero-order valence-corrected chi connectivity index (χ0v) is 12.2. The van der Waals surface area contributed by atoms with Gasteiger partial charge >= 0.3 is 0 Å². The number of likely N-dealkylation sites (N-methyl/N-ethyl adjacent to an activating group) is 1. The first-order valence-corrected chi connectivity index (χ1v) is 7.55. The molecule has 0 saturated heterocycles. The Hall–Kier alpha value is -1.39. The Morgan fingerprint density at radius 3 is 2.95 bits per heavy atom. The molecule has 0 spiro atoms. The standard InChI is InChI=1S/C15H20N2OS/c1-3-17-15(9-14-10-16-11-19-14)12-6-5-7-13(8-12)18-4-2/h5-8,10-11,15,17H,3-4,9H2,1-2H3. The molecule has 0 radical (unpaired) electrons. The fourth-order valence-electron chi connectivity index (χ4n) is 2.09. The quantitative estimate of drug-likeness (QED) is 0.841. The van der Waals surface area contributed by atoms with Crippen molar-refractivity contribution in [3.05, 3.63) is 46.4 Å². The van der Waals surface area contributed by atoms with Crippen molar-refractivity contribution in [2.45, 2.75) is 26.3 Å². The van der Waals surface area contributed by atoms with Gasteiger partial charge in [-0.2, -0.15) is 0 Å². The van der Waals surface area contributed by atoms with E-state index in [9.17, 15) is 0 Å². The largest absolute Gasteiger partial charge is 0.494 e. The van der Waals surface area contributed by atoms with Gasteiger partial charge in [0.25, 0.3) is 0 Å². The summed E-state index contributed by atoms with van der Waals surface area (Å²) < 4.78 is 5.57. The number of thiazole rings is 1. The first kappa shape index (κ1) is 14.0. The lowest BCUT2D eigenvalue weighted by molar-refractivity contribution is 0.339. The highest BCUT2D eigenvalue weighted by Crippen LogP contribution is 2.23. The third-order valence-electron chi connectivity index (χ3n) is 2.91. The predicted octanol–water partition coefficient (Wildman–Crippen LogP) is 3.44. The minimum atomic E-state index is 0.311. The Kier molecular flexibility index (Phi) is 5.36. The summed E-state index contributed by atoms with van der Waals surface area (Å²) in [7, 11) is 0. The molecule has 0 aliphatic rings. The van der Waals surface area contributed by atoms with E-state index in [1.54, 1.807) is 11.3 Å². The molecule has 0 aliphatic heterocycles. The molecular formula is C15H20N2OS. The Bertz CT molecular complexity index is 485. The molecule has 0 amide bonds. The maximum absolute atomic E-state index is 5.57.